The number of nitrogens with zero attached hydrogens (tertiary/aromatic N) is 2. The second kappa shape index (κ2) is 12.9. The molecule has 1 saturated heterocycles. The number of halogens is 4. The number of rotatable bonds is 8. The van der Waals surface area contributed by atoms with Crippen molar-refractivity contribution in [3.63, 3.8) is 0 Å². The van der Waals surface area contributed by atoms with Gasteiger partial charge >= 0.3 is 6.18 Å². The predicted octanol–water partition coefficient (Wildman–Crippen LogP) is 2.86. The number of ether oxygens (including phenoxy) is 2. The Balaban J connectivity index is 0.00000480. The van der Waals surface area contributed by atoms with Gasteiger partial charge in [0, 0.05) is 32.8 Å². The number of guanidine groups is 1. The Morgan fingerprint density at radius 1 is 1.35 bits per heavy atom. The smallest absolute Gasteiger partial charge is 0.406 e. The Morgan fingerprint density at radius 3 is 2.71 bits per heavy atom. The van der Waals surface area contributed by atoms with E-state index in [4.69, 9.17) is 9.47 Å². The Labute approximate surface area is 197 Å². The van der Waals surface area contributed by atoms with Crippen LogP contribution in [0.1, 0.15) is 24.0 Å². The van der Waals surface area contributed by atoms with Gasteiger partial charge < -0.3 is 25.0 Å². The largest absolute Gasteiger partial charge is 0.491 e. The summed E-state index contributed by atoms with van der Waals surface area (Å²) in [6.07, 6.45) is -2.32. The number of aryl methyl sites for hydroxylation is 1. The van der Waals surface area contributed by atoms with Gasteiger partial charge in [-0.15, -0.1) is 24.0 Å². The van der Waals surface area contributed by atoms with Crippen LogP contribution in [0.3, 0.4) is 0 Å². The molecule has 11 heteroatoms. The van der Waals surface area contributed by atoms with Crippen LogP contribution in [-0.4, -0.2) is 69.4 Å². The number of hydrogen-bond donors (Lipinski definition) is 2. The van der Waals surface area contributed by atoms with E-state index in [2.05, 4.69) is 15.6 Å². The van der Waals surface area contributed by atoms with Crippen LogP contribution in [0.25, 0.3) is 0 Å². The summed E-state index contributed by atoms with van der Waals surface area (Å²) < 4.78 is 48.7. The van der Waals surface area contributed by atoms with E-state index in [0.717, 1.165) is 43.4 Å². The van der Waals surface area contributed by atoms with Crippen LogP contribution in [0.15, 0.2) is 23.2 Å². The zero-order valence-corrected chi connectivity index (χ0v) is 20.3. The van der Waals surface area contributed by atoms with Crippen molar-refractivity contribution in [2.24, 2.45) is 4.99 Å². The molecule has 1 fully saturated rings. The van der Waals surface area contributed by atoms with E-state index in [9.17, 15) is 18.0 Å². The fourth-order valence-corrected chi connectivity index (χ4v) is 2.95. The second-order valence-electron chi connectivity index (χ2n) is 7.20. The van der Waals surface area contributed by atoms with Gasteiger partial charge in [-0.3, -0.25) is 9.79 Å². The standard InChI is InChI=1S/C20H29F3N4O3.HI/c1-14-6-7-15(17(9-14)30-12-16-5-4-8-29-16)10-25-19(24-2)26-11-18(28)27(3)13-20(21,22)23;/h6-7,9,16H,4-5,8,10-13H2,1-3H3,(H2,24,25,26);1H. The topological polar surface area (TPSA) is 75.2 Å². The molecule has 1 aromatic rings. The minimum Gasteiger partial charge on any atom is -0.491 e. The monoisotopic (exact) mass is 558 g/mol. The van der Waals surface area contributed by atoms with Gasteiger partial charge in [0.15, 0.2) is 5.96 Å². The number of amides is 1. The Kier molecular flexibility index (Phi) is 11.4. The van der Waals surface area contributed by atoms with E-state index >= 15 is 0 Å². The maximum atomic E-state index is 12.4. The van der Waals surface area contributed by atoms with Crippen molar-refractivity contribution in [3.05, 3.63) is 29.3 Å². The van der Waals surface area contributed by atoms with Gasteiger partial charge in [0.2, 0.25) is 5.91 Å². The molecule has 2 N–H and O–H groups in total. The SMILES string of the molecule is CN=C(NCC(=O)N(C)CC(F)(F)F)NCc1ccc(C)cc1OCC1CCCO1.I. The van der Waals surface area contributed by atoms with Crippen LogP contribution in [0.2, 0.25) is 0 Å². The molecule has 0 radical (unpaired) electrons. The molecule has 1 heterocycles. The number of alkyl halides is 3. The molecular formula is C20H30F3IN4O3. The van der Waals surface area contributed by atoms with Crippen LogP contribution in [0.4, 0.5) is 13.2 Å². The highest BCUT2D eigenvalue weighted by molar-refractivity contribution is 14.0. The molecule has 0 bridgehead atoms. The van der Waals surface area contributed by atoms with E-state index < -0.39 is 18.6 Å². The van der Waals surface area contributed by atoms with Crippen LogP contribution in [-0.2, 0) is 16.1 Å². The molecule has 1 aliphatic heterocycles. The normalized spacial score (nSPS) is 16.5. The Hall–Kier alpha value is -1.76. The van der Waals surface area contributed by atoms with Gasteiger partial charge in [0.25, 0.3) is 0 Å². The molecule has 0 aliphatic carbocycles. The number of hydrogen-bond acceptors (Lipinski definition) is 4. The molecule has 0 aromatic heterocycles. The van der Waals surface area contributed by atoms with Crippen molar-refractivity contribution < 1.29 is 27.4 Å². The summed E-state index contributed by atoms with van der Waals surface area (Å²) >= 11 is 0. The van der Waals surface area contributed by atoms with E-state index in [1.54, 1.807) is 0 Å². The minimum absolute atomic E-state index is 0. The lowest BCUT2D eigenvalue weighted by Crippen LogP contribution is -2.45. The van der Waals surface area contributed by atoms with Gasteiger partial charge in [-0.05, 0) is 31.4 Å². The zero-order chi connectivity index (χ0) is 22.1. The predicted molar refractivity (Wildman–Crippen MR) is 123 cm³/mol. The van der Waals surface area contributed by atoms with Crippen molar-refractivity contribution in [1.29, 1.82) is 0 Å². The molecule has 31 heavy (non-hydrogen) atoms. The number of aliphatic imine (C=N–C) groups is 1. The minimum atomic E-state index is -4.43. The first-order valence-electron chi connectivity index (χ1n) is 9.77. The number of likely N-dealkylation sites (N-methyl/N-ethyl adjacent to an activating group) is 1. The van der Waals surface area contributed by atoms with Gasteiger partial charge in [0.1, 0.15) is 18.9 Å². The van der Waals surface area contributed by atoms with E-state index in [1.165, 1.54) is 7.05 Å². The maximum absolute atomic E-state index is 12.4. The van der Waals surface area contributed by atoms with Crippen molar-refractivity contribution in [1.82, 2.24) is 15.5 Å². The maximum Gasteiger partial charge on any atom is 0.406 e. The third-order valence-electron chi connectivity index (χ3n) is 4.59. The molecule has 2 rings (SSSR count). The number of nitrogens with one attached hydrogen (secondary N) is 2. The average molecular weight is 558 g/mol. The summed E-state index contributed by atoms with van der Waals surface area (Å²) in [4.78, 5) is 16.5. The van der Waals surface area contributed by atoms with E-state index in [0.29, 0.717) is 24.0 Å². The first-order valence-corrected chi connectivity index (χ1v) is 9.77. The van der Waals surface area contributed by atoms with Crippen LogP contribution >= 0.6 is 24.0 Å². The Bertz CT molecular complexity index is 741. The second-order valence-corrected chi connectivity index (χ2v) is 7.20. The summed E-state index contributed by atoms with van der Waals surface area (Å²) in [5.41, 5.74) is 1.95. The summed E-state index contributed by atoms with van der Waals surface area (Å²) in [6.45, 7) is 1.97. The fourth-order valence-electron chi connectivity index (χ4n) is 2.95. The fraction of sp³-hybridized carbons (Fsp3) is 0.600. The van der Waals surface area contributed by atoms with Gasteiger partial charge in [-0.2, -0.15) is 13.2 Å². The van der Waals surface area contributed by atoms with Gasteiger partial charge in [-0.25, -0.2) is 0 Å². The van der Waals surface area contributed by atoms with Crippen LogP contribution in [0.5, 0.6) is 5.75 Å². The number of benzene rings is 1. The third-order valence-corrected chi connectivity index (χ3v) is 4.59. The lowest BCUT2D eigenvalue weighted by molar-refractivity contribution is -0.157. The highest BCUT2D eigenvalue weighted by atomic mass is 127. The molecule has 1 aromatic carbocycles. The highest BCUT2D eigenvalue weighted by Crippen LogP contribution is 2.22. The third kappa shape index (κ3) is 9.93. The zero-order valence-electron chi connectivity index (χ0n) is 17.9. The average Bonchev–Trinajstić information content (AvgIpc) is 3.19. The quantitative estimate of drug-likeness (QED) is 0.292. The number of carbonyl (C=O) groups is 1. The van der Waals surface area contributed by atoms with E-state index in [1.807, 2.05) is 25.1 Å². The highest BCUT2D eigenvalue weighted by Gasteiger charge is 2.31. The molecule has 1 amide bonds. The van der Waals surface area contributed by atoms with Crippen molar-refractivity contribution in [3.8, 4) is 5.75 Å². The van der Waals surface area contributed by atoms with Crippen molar-refractivity contribution in [2.45, 2.75) is 38.6 Å². The van der Waals surface area contributed by atoms with Crippen molar-refractivity contribution >= 4 is 35.8 Å². The van der Waals surface area contributed by atoms with Crippen molar-refractivity contribution in [2.75, 3.05) is 40.4 Å². The molecular weight excluding hydrogens is 528 g/mol. The molecule has 1 atom stereocenters. The molecule has 7 nitrogen and oxygen atoms in total. The molecule has 0 spiro atoms. The lowest BCUT2D eigenvalue weighted by atomic mass is 10.1. The molecule has 1 unspecified atom stereocenters. The van der Waals surface area contributed by atoms with E-state index in [-0.39, 0.29) is 36.6 Å². The van der Waals surface area contributed by atoms with Crippen LogP contribution in [0, 0.1) is 6.92 Å². The molecule has 1 aliphatic rings. The first kappa shape index (κ1) is 27.3. The Morgan fingerprint density at radius 2 is 2.10 bits per heavy atom. The lowest BCUT2D eigenvalue weighted by Gasteiger charge is -2.20. The van der Waals surface area contributed by atoms with Gasteiger partial charge in [-0.1, -0.05) is 12.1 Å². The summed E-state index contributed by atoms with van der Waals surface area (Å²) in [5.74, 6) is 0.343. The summed E-state index contributed by atoms with van der Waals surface area (Å²) in [5, 5.41) is 5.78. The molecule has 176 valence electrons. The number of carbonyl (C=O) groups excluding carboxylic acids is 1. The summed E-state index contributed by atoms with van der Waals surface area (Å²) in [7, 11) is 2.63. The van der Waals surface area contributed by atoms with Gasteiger partial charge in [0.05, 0.1) is 12.6 Å². The molecule has 0 saturated carbocycles. The first-order chi connectivity index (χ1) is 14.2. The van der Waals surface area contributed by atoms with Crippen LogP contribution < -0.4 is 15.4 Å². The summed E-state index contributed by atoms with van der Waals surface area (Å²) in [6, 6.07) is 5.84.